The molecule has 3 heterocycles. The van der Waals surface area contributed by atoms with Crippen molar-refractivity contribution in [1.29, 1.82) is 0 Å². The molecule has 5 rings (SSSR count). The van der Waals surface area contributed by atoms with Gasteiger partial charge in [-0.3, -0.25) is 0 Å². The number of fused-ring (bicyclic) bond motifs is 1. The van der Waals surface area contributed by atoms with Gasteiger partial charge in [0.2, 0.25) is 10.0 Å². The Hall–Kier alpha value is -1.89. The maximum atomic E-state index is 13.6. The molecule has 0 amide bonds. The van der Waals surface area contributed by atoms with Gasteiger partial charge in [0.15, 0.2) is 0 Å². The molecule has 0 N–H and O–H groups in total. The van der Waals surface area contributed by atoms with E-state index in [1.54, 1.807) is 10.4 Å². The van der Waals surface area contributed by atoms with Crippen molar-refractivity contribution < 1.29 is 17.9 Å². The molecule has 0 radical (unpaired) electrons. The van der Waals surface area contributed by atoms with E-state index >= 15 is 0 Å². The van der Waals surface area contributed by atoms with Gasteiger partial charge < -0.3 is 9.47 Å². The zero-order valence-electron chi connectivity index (χ0n) is 15.1. The van der Waals surface area contributed by atoms with E-state index in [1.165, 1.54) is 0 Å². The van der Waals surface area contributed by atoms with Crippen LogP contribution in [-0.2, 0) is 21.2 Å². The molecule has 6 heteroatoms. The van der Waals surface area contributed by atoms with E-state index in [-0.39, 0.29) is 11.5 Å². The van der Waals surface area contributed by atoms with E-state index in [9.17, 15) is 8.42 Å². The van der Waals surface area contributed by atoms with Crippen LogP contribution in [0, 0.1) is 5.41 Å². The fourth-order valence-corrected chi connectivity index (χ4v) is 6.76. The summed E-state index contributed by atoms with van der Waals surface area (Å²) in [4.78, 5) is 0.306. The molecule has 1 unspecified atom stereocenters. The van der Waals surface area contributed by atoms with E-state index in [4.69, 9.17) is 9.47 Å². The predicted molar refractivity (Wildman–Crippen MR) is 101 cm³/mol. The van der Waals surface area contributed by atoms with Gasteiger partial charge >= 0.3 is 0 Å². The molecule has 0 aromatic heterocycles. The maximum absolute atomic E-state index is 13.6. The van der Waals surface area contributed by atoms with E-state index in [0.717, 1.165) is 30.4 Å². The first-order valence-electron chi connectivity index (χ1n) is 9.51. The molecule has 1 atom stereocenters. The third kappa shape index (κ3) is 2.62. The van der Waals surface area contributed by atoms with Crippen molar-refractivity contribution in [2.75, 3.05) is 26.4 Å². The van der Waals surface area contributed by atoms with Crippen LogP contribution in [0.3, 0.4) is 0 Å². The molecule has 0 bridgehead atoms. The standard InChI is InChI=1S/C21H23NO4S/c23-27(24,18-8-4-7-16-9-12-26-19(16)18)22-15-21(10-13-25-14-11-21)20(22)17-5-2-1-3-6-17/h1-8,20H,9-15H2. The van der Waals surface area contributed by atoms with Gasteiger partial charge in [-0.1, -0.05) is 42.5 Å². The Labute approximate surface area is 160 Å². The lowest BCUT2D eigenvalue weighted by Crippen LogP contribution is -2.62. The minimum absolute atomic E-state index is 0.0362. The number of ether oxygens (including phenoxy) is 2. The summed E-state index contributed by atoms with van der Waals surface area (Å²) in [6.45, 7) is 2.48. The largest absolute Gasteiger partial charge is 0.492 e. The van der Waals surface area contributed by atoms with Gasteiger partial charge in [-0.05, 0) is 30.0 Å². The second-order valence-corrected chi connectivity index (χ2v) is 9.54. The molecule has 1 spiro atoms. The molecular formula is C21H23NO4S. The molecule has 2 fully saturated rings. The highest BCUT2D eigenvalue weighted by Crippen LogP contribution is 2.57. The molecule has 2 saturated heterocycles. The SMILES string of the molecule is O=S(=O)(c1cccc2c1OCC2)N1CC2(CCOCC2)C1c1ccccc1. The number of nitrogens with zero attached hydrogens (tertiary/aromatic N) is 1. The van der Waals surface area contributed by atoms with Crippen molar-refractivity contribution in [3.63, 3.8) is 0 Å². The Morgan fingerprint density at radius 3 is 2.52 bits per heavy atom. The van der Waals surface area contributed by atoms with Crippen LogP contribution >= 0.6 is 0 Å². The first kappa shape index (κ1) is 17.2. The molecule has 3 aliphatic rings. The topological polar surface area (TPSA) is 55.8 Å². The van der Waals surface area contributed by atoms with Crippen molar-refractivity contribution in [1.82, 2.24) is 4.31 Å². The van der Waals surface area contributed by atoms with Gasteiger partial charge in [0.25, 0.3) is 0 Å². The smallest absolute Gasteiger partial charge is 0.247 e. The van der Waals surface area contributed by atoms with E-state index < -0.39 is 10.0 Å². The number of benzene rings is 2. The molecule has 5 nitrogen and oxygen atoms in total. The molecule has 0 aliphatic carbocycles. The first-order valence-corrected chi connectivity index (χ1v) is 11.0. The van der Waals surface area contributed by atoms with Crippen LogP contribution in [0.25, 0.3) is 0 Å². The average molecular weight is 385 g/mol. The fourth-order valence-electron chi connectivity index (χ4n) is 4.78. The average Bonchev–Trinajstić information content (AvgIpc) is 3.16. The highest BCUT2D eigenvalue weighted by atomic mass is 32.2. The number of rotatable bonds is 3. The Morgan fingerprint density at radius 2 is 1.74 bits per heavy atom. The van der Waals surface area contributed by atoms with Crippen LogP contribution < -0.4 is 4.74 Å². The summed E-state index contributed by atoms with van der Waals surface area (Å²) < 4.78 is 40.1. The summed E-state index contributed by atoms with van der Waals surface area (Å²) in [6.07, 6.45) is 2.55. The van der Waals surface area contributed by atoms with Crippen molar-refractivity contribution in [2.45, 2.75) is 30.2 Å². The molecule has 142 valence electrons. The van der Waals surface area contributed by atoms with Gasteiger partial charge in [-0.15, -0.1) is 0 Å². The number of hydrogen-bond acceptors (Lipinski definition) is 4. The zero-order valence-corrected chi connectivity index (χ0v) is 16.0. The maximum Gasteiger partial charge on any atom is 0.247 e. The predicted octanol–water partition coefficient (Wildman–Crippen LogP) is 3.16. The summed E-state index contributed by atoms with van der Waals surface area (Å²) in [6, 6.07) is 15.3. The van der Waals surface area contributed by atoms with Crippen LogP contribution in [0.1, 0.15) is 30.0 Å². The second-order valence-electron chi connectivity index (χ2n) is 7.68. The fraction of sp³-hybridized carbons (Fsp3) is 0.429. The Morgan fingerprint density at radius 1 is 0.963 bits per heavy atom. The lowest BCUT2D eigenvalue weighted by Gasteiger charge is -2.58. The summed E-state index contributed by atoms with van der Waals surface area (Å²) in [5, 5.41) is 0. The van der Waals surface area contributed by atoms with Crippen molar-refractivity contribution in [2.24, 2.45) is 5.41 Å². The lowest BCUT2D eigenvalue weighted by molar-refractivity contribution is -0.0952. The van der Waals surface area contributed by atoms with Crippen molar-refractivity contribution in [3.05, 3.63) is 59.7 Å². The Bertz CT molecular complexity index is 951. The second kappa shape index (κ2) is 6.33. The Balaban J connectivity index is 1.57. The molecule has 2 aromatic rings. The number of sulfonamides is 1. The van der Waals surface area contributed by atoms with E-state index in [2.05, 4.69) is 0 Å². The van der Waals surface area contributed by atoms with E-state index in [1.807, 2.05) is 42.5 Å². The summed E-state index contributed by atoms with van der Waals surface area (Å²) >= 11 is 0. The molecule has 3 aliphatic heterocycles. The van der Waals surface area contributed by atoms with E-state index in [0.29, 0.717) is 37.0 Å². The van der Waals surface area contributed by atoms with Gasteiger partial charge in [-0.25, -0.2) is 8.42 Å². The zero-order chi connectivity index (χ0) is 18.5. The molecular weight excluding hydrogens is 362 g/mol. The number of hydrogen-bond donors (Lipinski definition) is 0. The van der Waals surface area contributed by atoms with Crippen LogP contribution in [0.15, 0.2) is 53.4 Å². The van der Waals surface area contributed by atoms with Gasteiger partial charge in [0.1, 0.15) is 10.6 Å². The molecule has 27 heavy (non-hydrogen) atoms. The minimum Gasteiger partial charge on any atom is -0.492 e. The highest BCUT2D eigenvalue weighted by molar-refractivity contribution is 7.89. The normalized spacial score (nSPS) is 24.2. The van der Waals surface area contributed by atoms with Crippen molar-refractivity contribution >= 4 is 10.0 Å². The molecule has 0 saturated carbocycles. The van der Waals surface area contributed by atoms with Crippen LogP contribution in [-0.4, -0.2) is 39.1 Å². The molecule has 2 aromatic carbocycles. The van der Waals surface area contributed by atoms with Crippen LogP contribution in [0.2, 0.25) is 0 Å². The monoisotopic (exact) mass is 385 g/mol. The number of para-hydroxylation sites is 1. The summed E-state index contributed by atoms with van der Waals surface area (Å²) in [7, 11) is -3.63. The van der Waals surface area contributed by atoms with Crippen molar-refractivity contribution in [3.8, 4) is 5.75 Å². The first-order chi connectivity index (χ1) is 13.1. The highest BCUT2D eigenvalue weighted by Gasteiger charge is 2.58. The van der Waals surface area contributed by atoms with Gasteiger partial charge in [0.05, 0.1) is 12.6 Å². The minimum atomic E-state index is -3.63. The van der Waals surface area contributed by atoms with Gasteiger partial charge in [-0.2, -0.15) is 4.31 Å². The third-order valence-corrected chi connectivity index (χ3v) is 8.04. The quantitative estimate of drug-likeness (QED) is 0.814. The Kier molecular flexibility index (Phi) is 4.04. The third-order valence-electron chi connectivity index (χ3n) is 6.21. The van der Waals surface area contributed by atoms with Crippen LogP contribution in [0.5, 0.6) is 5.75 Å². The summed E-state index contributed by atoms with van der Waals surface area (Å²) in [5.74, 6) is 0.539. The summed E-state index contributed by atoms with van der Waals surface area (Å²) in [5.41, 5.74) is 2.00. The van der Waals surface area contributed by atoms with Crippen LogP contribution in [0.4, 0.5) is 0 Å². The lowest BCUT2D eigenvalue weighted by atomic mass is 9.65. The van der Waals surface area contributed by atoms with Gasteiger partial charge in [0, 0.05) is 31.6 Å².